The molecule has 0 radical (unpaired) electrons. The predicted molar refractivity (Wildman–Crippen MR) is 113 cm³/mol. The van der Waals surface area contributed by atoms with Crippen molar-refractivity contribution in [3.8, 4) is 5.69 Å². The predicted octanol–water partition coefficient (Wildman–Crippen LogP) is 3.68. The minimum Gasteiger partial charge on any atom is -0.369 e. The van der Waals surface area contributed by atoms with Crippen molar-refractivity contribution < 1.29 is 9.59 Å². The lowest BCUT2D eigenvalue weighted by molar-refractivity contribution is -0.115. The van der Waals surface area contributed by atoms with Gasteiger partial charge in [0.05, 0.1) is 38.8 Å². The zero-order chi connectivity index (χ0) is 20.3. The van der Waals surface area contributed by atoms with Crippen LogP contribution in [0.15, 0.2) is 34.7 Å². The lowest BCUT2D eigenvalue weighted by Crippen LogP contribution is -2.14. The third-order valence-corrected chi connectivity index (χ3v) is 6.51. The number of hydrogen-bond acceptors (Lipinski definition) is 6. The number of carbonyl (C=O) groups excluding carboxylic acids is 2. The molecule has 0 saturated heterocycles. The molecule has 1 aromatic carbocycles. The maximum Gasteiger partial charge on any atom is 0.260 e. The number of nitrogens with one attached hydrogen (secondary N) is 1. The average molecular weight is 436 g/mol. The topological polar surface area (TPSA) is 103 Å². The van der Waals surface area contributed by atoms with Gasteiger partial charge in [0.15, 0.2) is 5.13 Å². The molecule has 28 heavy (non-hydrogen) atoms. The zero-order valence-electron chi connectivity index (χ0n) is 15.2. The first kappa shape index (κ1) is 20.4. The molecule has 0 saturated carbocycles. The van der Waals surface area contributed by atoms with E-state index in [1.165, 1.54) is 29.3 Å². The van der Waals surface area contributed by atoms with E-state index in [2.05, 4.69) is 15.4 Å². The van der Waals surface area contributed by atoms with Crippen LogP contribution >= 0.6 is 34.7 Å². The van der Waals surface area contributed by atoms with E-state index >= 15 is 0 Å². The minimum atomic E-state index is -0.399. The van der Waals surface area contributed by atoms with Crippen molar-refractivity contribution in [1.82, 2.24) is 14.8 Å². The molecule has 146 valence electrons. The van der Waals surface area contributed by atoms with Crippen LogP contribution in [0.5, 0.6) is 0 Å². The molecule has 3 N–H and O–H groups in total. The van der Waals surface area contributed by atoms with Gasteiger partial charge in [-0.1, -0.05) is 35.9 Å². The normalized spacial score (nSPS) is 10.8. The second kappa shape index (κ2) is 8.76. The number of aryl methyl sites for hydroxylation is 1. The number of aromatic nitrogens is 3. The number of carbonyl (C=O) groups is 2. The van der Waals surface area contributed by atoms with Crippen molar-refractivity contribution in [3.05, 3.63) is 52.4 Å². The Morgan fingerprint density at radius 3 is 2.86 bits per heavy atom. The Balaban J connectivity index is 1.82. The Hall–Kier alpha value is -2.36. The molecule has 0 bridgehead atoms. The van der Waals surface area contributed by atoms with Gasteiger partial charge in [-0.05, 0) is 31.5 Å². The van der Waals surface area contributed by atoms with Gasteiger partial charge in [0.25, 0.3) is 5.91 Å². The minimum absolute atomic E-state index is 0.169. The van der Waals surface area contributed by atoms with Crippen molar-refractivity contribution in [2.24, 2.45) is 5.73 Å². The summed E-state index contributed by atoms with van der Waals surface area (Å²) in [5.41, 5.74) is 7.97. The first-order valence-electron chi connectivity index (χ1n) is 8.41. The Labute approximate surface area is 175 Å². The fraction of sp³-hybridized carbons (Fsp3) is 0.222. The fourth-order valence-electron chi connectivity index (χ4n) is 2.60. The molecule has 10 heteroatoms. The number of nitrogens with zero attached hydrogens (tertiary/aromatic N) is 3. The van der Waals surface area contributed by atoms with Gasteiger partial charge in [0.2, 0.25) is 5.91 Å². The van der Waals surface area contributed by atoms with Crippen molar-refractivity contribution in [2.45, 2.75) is 24.5 Å². The number of thioether (sulfide) groups is 1. The molecule has 0 fully saturated rings. The van der Waals surface area contributed by atoms with Crippen LogP contribution in [0.1, 0.15) is 28.7 Å². The highest BCUT2D eigenvalue weighted by atomic mass is 35.5. The number of hydrogen-bond donors (Lipinski definition) is 2. The summed E-state index contributed by atoms with van der Waals surface area (Å²) in [6.07, 6.45) is 2.16. The van der Waals surface area contributed by atoms with E-state index in [0.717, 1.165) is 21.3 Å². The van der Waals surface area contributed by atoms with E-state index < -0.39 is 5.91 Å². The van der Waals surface area contributed by atoms with Gasteiger partial charge >= 0.3 is 0 Å². The second-order valence-corrected chi connectivity index (χ2v) is 8.53. The summed E-state index contributed by atoms with van der Waals surface area (Å²) in [6.45, 7) is 3.78. The van der Waals surface area contributed by atoms with E-state index in [0.29, 0.717) is 22.1 Å². The van der Waals surface area contributed by atoms with Gasteiger partial charge in [-0.15, -0.1) is 11.8 Å². The smallest absolute Gasteiger partial charge is 0.260 e. The van der Waals surface area contributed by atoms with Gasteiger partial charge in [0.1, 0.15) is 0 Å². The SMILES string of the molecule is CCc1c(C(=O)Nc2nc(C)c(SCC(N)=O)s2)cnn1-c1cccc(Cl)c1. The highest BCUT2D eigenvalue weighted by Gasteiger charge is 2.19. The number of anilines is 1. The number of nitrogens with two attached hydrogens (primary N) is 1. The number of thiazole rings is 1. The molecule has 0 atom stereocenters. The number of primary amides is 1. The molecule has 0 spiro atoms. The van der Waals surface area contributed by atoms with Crippen LogP contribution in [0.2, 0.25) is 5.02 Å². The lowest BCUT2D eigenvalue weighted by Gasteiger charge is -2.08. The lowest BCUT2D eigenvalue weighted by atomic mass is 10.2. The summed E-state index contributed by atoms with van der Waals surface area (Å²) in [5.74, 6) is -0.516. The number of rotatable bonds is 7. The third-order valence-electron chi connectivity index (χ3n) is 3.82. The average Bonchev–Trinajstić information content (AvgIpc) is 3.23. The van der Waals surface area contributed by atoms with Gasteiger partial charge in [-0.2, -0.15) is 5.10 Å². The quantitative estimate of drug-likeness (QED) is 0.551. The molecule has 0 aliphatic rings. The molecule has 0 aliphatic carbocycles. The summed E-state index contributed by atoms with van der Waals surface area (Å²) in [5, 5.41) is 8.24. The molecule has 0 unspecified atom stereocenters. The fourth-order valence-corrected chi connectivity index (χ4v) is 4.66. The van der Waals surface area contributed by atoms with Crippen molar-refractivity contribution in [1.29, 1.82) is 0 Å². The highest BCUT2D eigenvalue weighted by molar-refractivity contribution is 8.01. The summed E-state index contributed by atoms with van der Waals surface area (Å²) in [6, 6.07) is 7.29. The van der Waals surface area contributed by atoms with Crippen molar-refractivity contribution in [2.75, 3.05) is 11.1 Å². The van der Waals surface area contributed by atoms with E-state index in [1.54, 1.807) is 16.8 Å². The van der Waals surface area contributed by atoms with E-state index in [-0.39, 0.29) is 11.7 Å². The maximum atomic E-state index is 12.8. The van der Waals surface area contributed by atoms with Gasteiger partial charge in [-0.25, -0.2) is 9.67 Å². The second-order valence-electron chi connectivity index (χ2n) is 5.85. The molecule has 0 aliphatic heterocycles. The molecular formula is C18H18ClN5O2S2. The zero-order valence-corrected chi connectivity index (χ0v) is 17.6. The summed E-state index contributed by atoms with van der Waals surface area (Å²) >= 11 is 8.69. The summed E-state index contributed by atoms with van der Waals surface area (Å²) in [7, 11) is 0. The number of benzene rings is 1. The molecule has 7 nitrogen and oxygen atoms in total. The Kier molecular flexibility index (Phi) is 6.38. The Bertz CT molecular complexity index is 1030. The number of amides is 2. The first-order valence-corrected chi connectivity index (χ1v) is 10.6. The van der Waals surface area contributed by atoms with Gasteiger partial charge in [-0.3, -0.25) is 14.9 Å². The van der Waals surface area contributed by atoms with E-state index in [9.17, 15) is 9.59 Å². The maximum absolute atomic E-state index is 12.8. The molecule has 3 rings (SSSR count). The molecular weight excluding hydrogens is 418 g/mol. The Morgan fingerprint density at radius 1 is 1.39 bits per heavy atom. The van der Waals surface area contributed by atoms with Crippen LogP contribution in [0.4, 0.5) is 5.13 Å². The van der Waals surface area contributed by atoms with Crippen molar-refractivity contribution in [3.63, 3.8) is 0 Å². The first-order chi connectivity index (χ1) is 13.4. The van der Waals surface area contributed by atoms with Crippen LogP contribution in [-0.4, -0.2) is 32.3 Å². The van der Waals surface area contributed by atoms with Crippen LogP contribution in [-0.2, 0) is 11.2 Å². The molecule has 3 aromatic rings. The van der Waals surface area contributed by atoms with Gasteiger partial charge < -0.3 is 5.73 Å². The van der Waals surface area contributed by atoms with E-state index in [4.69, 9.17) is 17.3 Å². The van der Waals surface area contributed by atoms with Crippen LogP contribution in [0.25, 0.3) is 5.69 Å². The van der Waals surface area contributed by atoms with Crippen LogP contribution in [0, 0.1) is 6.92 Å². The van der Waals surface area contributed by atoms with Gasteiger partial charge in [0, 0.05) is 5.02 Å². The summed E-state index contributed by atoms with van der Waals surface area (Å²) < 4.78 is 2.56. The largest absolute Gasteiger partial charge is 0.369 e. The highest BCUT2D eigenvalue weighted by Crippen LogP contribution is 2.32. The van der Waals surface area contributed by atoms with E-state index in [1.807, 2.05) is 26.0 Å². The summed E-state index contributed by atoms with van der Waals surface area (Å²) in [4.78, 5) is 28.1. The van der Waals surface area contributed by atoms with Crippen LogP contribution < -0.4 is 11.1 Å². The standard InChI is InChI=1S/C18H18ClN5O2S2/c1-3-14-13(8-21-24(14)12-6-4-5-11(19)7-12)16(26)23-18-22-10(2)17(28-18)27-9-15(20)25/h4-8H,3,9H2,1-2H3,(H2,20,25)(H,22,23,26). The molecule has 2 aromatic heterocycles. The third kappa shape index (κ3) is 4.54. The monoisotopic (exact) mass is 435 g/mol. The Morgan fingerprint density at radius 2 is 2.18 bits per heavy atom. The van der Waals surface area contributed by atoms with Crippen LogP contribution in [0.3, 0.4) is 0 Å². The number of halogens is 1. The van der Waals surface area contributed by atoms with Crippen molar-refractivity contribution >= 4 is 51.6 Å². The molecule has 2 heterocycles. The molecule has 2 amide bonds.